The summed E-state index contributed by atoms with van der Waals surface area (Å²) in [6.45, 7) is 3.50. The van der Waals surface area contributed by atoms with Crippen LogP contribution in [0, 0.1) is 0 Å². The molecule has 102 valence electrons. The maximum Gasteiger partial charge on any atom is 0.105 e. The Labute approximate surface area is 115 Å². The molecule has 2 fully saturated rings. The number of nitrogens with zero attached hydrogens (tertiary/aromatic N) is 3. The first-order valence-corrected chi connectivity index (χ1v) is 7.47. The van der Waals surface area contributed by atoms with Gasteiger partial charge in [-0.1, -0.05) is 12.1 Å². The molecule has 3 heteroatoms. The Bertz CT molecular complexity index is 461. The fraction of sp³-hybridized carbons (Fsp3) is 0.562. The minimum Gasteiger partial charge on any atom is -0.370 e. The molecule has 2 aliphatic rings. The highest BCUT2D eigenvalue weighted by Crippen LogP contribution is 2.31. The van der Waals surface area contributed by atoms with Crippen LogP contribution < -0.4 is 4.90 Å². The monoisotopic (exact) mass is 257 g/mol. The zero-order valence-corrected chi connectivity index (χ0v) is 11.8. The third-order valence-corrected chi connectivity index (χ3v) is 4.16. The summed E-state index contributed by atoms with van der Waals surface area (Å²) in [7, 11) is 2.16. The van der Waals surface area contributed by atoms with Gasteiger partial charge in [-0.25, -0.2) is 4.99 Å². The van der Waals surface area contributed by atoms with E-state index in [1.54, 1.807) is 0 Å². The lowest BCUT2D eigenvalue weighted by atomic mass is 10.1. The van der Waals surface area contributed by atoms with E-state index >= 15 is 0 Å². The third kappa shape index (κ3) is 2.75. The Morgan fingerprint density at radius 2 is 1.68 bits per heavy atom. The van der Waals surface area contributed by atoms with Crippen LogP contribution in [0.15, 0.2) is 29.3 Å². The predicted molar refractivity (Wildman–Crippen MR) is 81.5 cm³/mol. The molecule has 3 rings (SSSR count). The van der Waals surface area contributed by atoms with Crippen molar-refractivity contribution in [3.63, 3.8) is 0 Å². The van der Waals surface area contributed by atoms with Crippen molar-refractivity contribution in [3.8, 4) is 0 Å². The van der Waals surface area contributed by atoms with E-state index in [-0.39, 0.29) is 0 Å². The van der Waals surface area contributed by atoms with Gasteiger partial charge < -0.3 is 9.80 Å². The van der Waals surface area contributed by atoms with E-state index in [0.29, 0.717) is 0 Å². The summed E-state index contributed by atoms with van der Waals surface area (Å²) in [5.41, 5.74) is 2.46. The molecular formula is C16H23N3. The van der Waals surface area contributed by atoms with Gasteiger partial charge in [0.25, 0.3) is 0 Å². The SMILES string of the molecule is CN1CCCC/C1=N\c1ccccc1N1CCCC1. The predicted octanol–water partition coefficient (Wildman–Crippen LogP) is 3.43. The van der Waals surface area contributed by atoms with Crippen molar-refractivity contribution >= 4 is 17.2 Å². The largest absolute Gasteiger partial charge is 0.370 e. The van der Waals surface area contributed by atoms with E-state index in [4.69, 9.17) is 4.99 Å². The van der Waals surface area contributed by atoms with Crippen LogP contribution in [-0.2, 0) is 0 Å². The number of hydrogen-bond acceptors (Lipinski definition) is 2. The quantitative estimate of drug-likeness (QED) is 0.808. The van der Waals surface area contributed by atoms with E-state index in [9.17, 15) is 0 Å². The zero-order valence-electron chi connectivity index (χ0n) is 11.8. The van der Waals surface area contributed by atoms with E-state index < -0.39 is 0 Å². The van der Waals surface area contributed by atoms with Crippen molar-refractivity contribution in [2.75, 3.05) is 31.6 Å². The third-order valence-electron chi connectivity index (χ3n) is 4.16. The van der Waals surface area contributed by atoms with Gasteiger partial charge in [0.15, 0.2) is 0 Å². The molecule has 2 saturated heterocycles. The van der Waals surface area contributed by atoms with E-state index in [0.717, 1.165) is 18.7 Å². The van der Waals surface area contributed by atoms with E-state index in [1.165, 1.54) is 50.3 Å². The Balaban J connectivity index is 1.89. The second-order valence-corrected chi connectivity index (χ2v) is 5.59. The number of piperidine rings is 1. The molecule has 0 N–H and O–H groups in total. The van der Waals surface area contributed by atoms with Gasteiger partial charge in [-0.3, -0.25) is 0 Å². The van der Waals surface area contributed by atoms with Crippen LogP contribution in [0.5, 0.6) is 0 Å². The van der Waals surface area contributed by atoms with Gasteiger partial charge >= 0.3 is 0 Å². The van der Waals surface area contributed by atoms with Gasteiger partial charge in [0.2, 0.25) is 0 Å². The van der Waals surface area contributed by atoms with Crippen molar-refractivity contribution in [1.82, 2.24) is 4.90 Å². The zero-order chi connectivity index (χ0) is 13.1. The van der Waals surface area contributed by atoms with Gasteiger partial charge in [-0.2, -0.15) is 0 Å². The van der Waals surface area contributed by atoms with Gasteiger partial charge in [-0.05, 0) is 37.8 Å². The number of hydrogen-bond donors (Lipinski definition) is 0. The number of anilines is 1. The molecule has 3 nitrogen and oxygen atoms in total. The molecule has 19 heavy (non-hydrogen) atoms. The Hall–Kier alpha value is -1.51. The summed E-state index contributed by atoms with van der Waals surface area (Å²) in [6.07, 6.45) is 6.30. The van der Waals surface area contributed by atoms with Crippen LogP contribution in [0.2, 0.25) is 0 Å². The van der Waals surface area contributed by atoms with Crippen molar-refractivity contribution in [3.05, 3.63) is 24.3 Å². The summed E-state index contributed by atoms with van der Waals surface area (Å²) >= 11 is 0. The number of aliphatic imine (C=N–C) groups is 1. The molecule has 2 heterocycles. The highest BCUT2D eigenvalue weighted by molar-refractivity contribution is 5.87. The smallest absolute Gasteiger partial charge is 0.105 e. The molecule has 2 aliphatic heterocycles. The van der Waals surface area contributed by atoms with E-state index in [2.05, 4.69) is 41.1 Å². The van der Waals surface area contributed by atoms with Crippen LogP contribution in [-0.4, -0.2) is 37.4 Å². The molecule has 0 spiro atoms. The maximum atomic E-state index is 4.94. The highest BCUT2D eigenvalue weighted by Gasteiger charge is 2.17. The summed E-state index contributed by atoms with van der Waals surface area (Å²) in [6, 6.07) is 8.60. The van der Waals surface area contributed by atoms with Gasteiger partial charge in [-0.15, -0.1) is 0 Å². The molecule has 1 aromatic rings. The number of para-hydroxylation sites is 2. The average Bonchev–Trinajstić information content (AvgIpc) is 2.96. The standard InChI is InChI=1S/C16H23N3/c1-18-11-5-4-10-16(18)17-14-8-2-3-9-15(14)19-12-6-7-13-19/h2-3,8-9H,4-7,10-13H2,1H3/b17-16+. The number of likely N-dealkylation sites (tertiary alicyclic amines) is 1. The van der Waals surface area contributed by atoms with Gasteiger partial charge in [0, 0.05) is 33.1 Å². The highest BCUT2D eigenvalue weighted by atomic mass is 15.2. The molecule has 0 radical (unpaired) electrons. The number of rotatable bonds is 2. The summed E-state index contributed by atoms with van der Waals surface area (Å²) < 4.78 is 0. The molecule has 0 amide bonds. The van der Waals surface area contributed by atoms with Crippen molar-refractivity contribution < 1.29 is 0 Å². The fourth-order valence-electron chi connectivity index (χ4n) is 3.02. The van der Waals surface area contributed by atoms with Crippen molar-refractivity contribution in [2.24, 2.45) is 4.99 Å². The van der Waals surface area contributed by atoms with Crippen LogP contribution in [0.3, 0.4) is 0 Å². The molecule has 0 aromatic heterocycles. The van der Waals surface area contributed by atoms with Crippen LogP contribution in [0.4, 0.5) is 11.4 Å². The number of benzene rings is 1. The Morgan fingerprint density at radius 1 is 0.947 bits per heavy atom. The first-order chi connectivity index (χ1) is 9.34. The average molecular weight is 257 g/mol. The second kappa shape index (κ2) is 5.64. The van der Waals surface area contributed by atoms with Crippen molar-refractivity contribution in [1.29, 1.82) is 0 Å². The maximum absolute atomic E-state index is 4.94. The van der Waals surface area contributed by atoms with Crippen LogP contribution in [0.1, 0.15) is 32.1 Å². The molecule has 0 bridgehead atoms. The fourth-order valence-corrected chi connectivity index (χ4v) is 3.02. The minimum atomic E-state index is 1.12. The van der Waals surface area contributed by atoms with E-state index in [1.807, 2.05) is 0 Å². The van der Waals surface area contributed by atoms with Gasteiger partial charge in [0.05, 0.1) is 11.4 Å². The van der Waals surface area contributed by atoms with Gasteiger partial charge in [0.1, 0.15) is 5.84 Å². The summed E-state index contributed by atoms with van der Waals surface area (Å²) in [4.78, 5) is 9.73. The molecule has 0 unspecified atom stereocenters. The van der Waals surface area contributed by atoms with Crippen LogP contribution in [0.25, 0.3) is 0 Å². The first-order valence-electron chi connectivity index (χ1n) is 7.47. The lowest BCUT2D eigenvalue weighted by Gasteiger charge is -2.27. The molecule has 0 saturated carbocycles. The lowest BCUT2D eigenvalue weighted by Crippen LogP contribution is -2.31. The molecule has 0 atom stereocenters. The second-order valence-electron chi connectivity index (χ2n) is 5.59. The summed E-state index contributed by atoms with van der Waals surface area (Å²) in [5.74, 6) is 1.25. The molecular weight excluding hydrogens is 234 g/mol. The summed E-state index contributed by atoms with van der Waals surface area (Å²) in [5, 5.41) is 0. The molecule has 0 aliphatic carbocycles. The lowest BCUT2D eigenvalue weighted by molar-refractivity contribution is 0.434. The first kappa shape index (κ1) is 12.5. The molecule has 1 aromatic carbocycles. The topological polar surface area (TPSA) is 18.8 Å². The van der Waals surface area contributed by atoms with Crippen LogP contribution >= 0.6 is 0 Å². The Morgan fingerprint density at radius 3 is 2.47 bits per heavy atom. The van der Waals surface area contributed by atoms with Crippen molar-refractivity contribution in [2.45, 2.75) is 32.1 Å². The normalized spacial score (nSPS) is 22.3. The number of amidine groups is 1. The minimum absolute atomic E-state index is 1.12. The Kier molecular flexibility index (Phi) is 3.72.